The van der Waals surface area contributed by atoms with E-state index in [0.717, 1.165) is 12.1 Å². The smallest absolute Gasteiger partial charge is 0.306 e. The Bertz CT molecular complexity index is 339. The third-order valence-electron chi connectivity index (χ3n) is 1.53. The number of halogens is 1. The van der Waals surface area contributed by atoms with Gasteiger partial charge >= 0.3 is 5.69 Å². The summed E-state index contributed by atoms with van der Waals surface area (Å²) in [4.78, 5) is 9.39. The minimum atomic E-state index is -0.855. The molecule has 5 heteroatoms. The van der Waals surface area contributed by atoms with Crippen molar-refractivity contribution in [3.8, 4) is 0 Å². The fraction of sp³-hybridized carbons (Fsp3) is 0.250. The highest BCUT2D eigenvalue weighted by Crippen LogP contribution is 2.22. The summed E-state index contributed by atoms with van der Waals surface area (Å²) in [5.74, 6) is -0.855. The van der Waals surface area contributed by atoms with Gasteiger partial charge in [0.15, 0.2) is 0 Å². The zero-order valence-corrected chi connectivity index (χ0v) is 6.37. The van der Waals surface area contributed by atoms with Gasteiger partial charge in [0.1, 0.15) is 0 Å². The fourth-order valence-corrected chi connectivity index (χ4v) is 0.817. The second-order valence-electron chi connectivity index (χ2n) is 2.42. The van der Waals surface area contributed by atoms with E-state index in [4.69, 9.17) is 5.73 Å². The number of aryl methyl sites for hydroxylation is 1. The molecule has 1 aromatic carbocycles. The molecule has 0 unspecified atom stereocenters. The van der Waals surface area contributed by atoms with Crippen LogP contribution in [-0.4, -0.2) is 4.92 Å². The van der Waals surface area contributed by atoms with Crippen LogP contribution in [0, 0.1) is 22.9 Å². The molecule has 0 saturated heterocycles. The van der Waals surface area contributed by atoms with Crippen molar-refractivity contribution in [2.45, 2.75) is 14.4 Å². The van der Waals surface area contributed by atoms with Crippen LogP contribution >= 0.6 is 0 Å². The monoisotopic (exact) mass is 186 g/mol. The summed E-state index contributed by atoms with van der Waals surface area (Å²) in [6, 6.07) is 2.07. The molecule has 0 atom stereocenters. The molecule has 72 valence electrons. The first-order chi connectivity index (χ1) is 5.52. The molecule has 0 aliphatic carbocycles. The molecule has 0 spiro atoms. The van der Waals surface area contributed by atoms with E-state index in [2.05, 4.69) is 0 Å². The molecule has 13 heavy (non-hydrogen) atoms. The molecule has 4 nitrogen and oxygen atoms in total. The Labute approximate surface area is 75.3 Å². The van der Waals surface area contributed by atoms with Crippen molar-refractivity contribution in [2.24, 2.45) is 0 Å². The van der Waals surface area contributed by atoms with E-state index in [9.17, 15) is 14.5 Å². The second kappa shape index (κ2) is 3.84. The molecule has 1 rings (SSSR count). The van der Waals surface area contributed by atoms with Crippen LogP contribution < -0.4 is 5.73 Å². The predicted octanol–water partition coefficient (Wildman–Crippen LogP) is 2.26. The third-order valence-corrected chi connectivity index (χ3v) is 1.53. The van der Waals surface area contributed by atoms with E-state index in [-0.39, 0.29) is 13.1 Å². The average molecular weight is 186 g/mol. The molecule has 0 amide bonds. The molecule has 2 N–H and O–H groups in total. The first kappa shape index (κ1) is 11.4. The van der Waals surface area contributed by atoms with Crippen LogP contribution in [0.2, 0.25) is 0 Å². The van der Waals surface area contributed by atoms with Gasteiger partial charge in [0.05, 0.1) is 4.92 Å². The van der Waals surface area contributed by atoms with Crippen LogP contribution in [0.5, 0.6) is 0 Å². The van der Waals surface area contributed by atoms with Crippen molar-refractivity contribution < 1.29 is 9.31 Å². The van der Waals surface area contributed by atoms with Crippen molar-refractivity contribution in [3.05, 3.63) is 33.6 Å². The zero-order chi connectivity index (χ0) is 9.30. The third kappa shape index (κ3) is 2.14. The summed E-state index contributed by atoms with van der Waals surface area (Å²) in [5.41, 5.74) is 5.49. The Hall–Kier alpha value is -1.65. The lowest BCUT2D eigenvalue weighted by Gasteiger charge is -1.99. The number of hydrogen-bond donors (Lipinski definition) is 1. The molecule has 0 radical (unpaired) electrons. The molecule has 0 bridgehead atoms. The van der Waals surface area contributed by atoms with Gasteiger partial charge in [-0.2, -0.15) is 4.39 Å². The van der Waals surface area contributed by atoms with Crippen LogP contribution in [0.3, 0.4) is 0 Å². The highest BCUT2D eigenvalue weighted by molar-refractivity contribution is 5.53. The van der Waals surface area contributed by atoms with Crippen molar-refractivity contribution in [1.82, 2.24) is 0 Å². The van der Waals surface area contributed by atoms with Gasteiger partial charge in [-0.25, -0.2) is 0 Å². The maximum atomic E-state index is 12.8. The molecule has 0 aliphatic heterocycles. The average Bonchev–Trinajstić information content (AvgIpc) is 1.96. The van der Waals surface area contributed by atoms with Gasteiger partial charge in [-0.15, -0.1) is 0 Å². The standard InChI is InChI=1S/C7H7FN2O2.CH4/c1-4-2-5(8)7(10(11)12)3-6(4)9;/h2-3H,9H2,1H3;1H4. The Balaban J connectivity index is 0.00000144. The topological polar surface area (TPSA) is 69.2 Å². The van der Waals surface area contributed by atoms with Crippen molar-refractivity contribution >= 4 is 11.4 Å². The molecule has 0 heterocycles. The van der Waals surface area contributed by atoms with Gasteiger partial charge < -0.3 is 5.73 Å². The van der Waals surface area contributed by atoms with E-state index in [0.29, 0.717) is 5.56 Å². The van der Waals surface area contributed by atoms with Crippen LogP contribution in [-0.2, 0) is 0 Å². The summed E-state index contributed by atoms with van der Waals surface area (Å²) in [7, 11) is 0. The van der Waals surface area contributed by atoms with E-state index in [1.807, 2.05) is 0 Å². The van der Waals surface area contributed by atoms with Crippen LogP contribution in [0.1, 0.15) is 13.0 Å². The Morgan fingerprint density at radius 2 is 2.08 bits per heavy atom. The number of nitro groups is 1. The number of nitrogens with zero attached hydrogens (tertiary/aromatic N) is 1. The molecule has 0 aromatic heterocycles. The lowest BCUT2D eigenvalue weighted by atomic mass is 10.2. The van der Waals surface area contributed by atoms with Crippen molar-refractivity contribution in [1.29, 1.82) is 0 Å². The Morgan fingerprint density at radius 1 is 1.54 bits per heavy atom. The SMILES string of the molecule is C.Cc1cc(F)c([N+](=O)[O-])cc1N. The largest absolute Gasteiger partial charge is 0.398 e. The molecular formula is C8H11FN2O2. The van der Waals surface area contributed by atoms with E-state index in [1.165, 1.54) is 0 Å². The van der Waals surface area contributed by atoms with Crippen molar-refractivity contribution in [3.63, 3.8) is 0 Å². The molecule has 0 saturated carbocycles. The summed E-state index contributed by atoms with van der Waals surface area (Å²) < 4.78 is 12.8. The maximum Gasteiger partial charge on any atom is 0.306 e. The number of nitrogen functional groups attached to an aromatic ring is 1. The minimum absolute atomic E-state index is 0. The van der Waals surface area contributed by atoms with Crippen molar-refractivity contribution in [2.75, 3.05) is 5.73 Å². The normalized spacial score (nSPS) is 9.08. The quantitative estimate of drug-likeness (QED) is 0.415. The van der Waals surface area contributed by atoms with E-state index >= 15 is 0 Å². The van der Waals surface area contributed by atoms with Gasteiger partial charge in [-0.05, 0) is 18.6 Å². The molecular weight excluding hydrogens is 175 g/mol. The van der Waals surface area contributed by atoms with E-state index < -0.39 is 16.4 Å². The Kier molecular flexibility index (Phi) is 3.35. The summed E-state index contributed by atoms with van der Waals surface area (Å²) in [6.07, 6.45) is 0. The van der Waals surface area contributed by atoms with Crippen LogP contribution in [0.15, 0.2) is 12.1 Å². The highest BCUT2D eigenvalue weighted by atomic mass is 19.1. The molecule has 0 fully saturated rings. The number of anilines is 1. The Morgan fingerprint density at radius 3 is 2.54 bits per heavy atom. The fourth-order valence-electron chi connectivity index (χ4n) is 0.817. The predicted molar refractivity (Wildman–Crippen MR) is 48.9 cm³/mol. The van der Waals surface area contributed by atoms with Gasteiger partial charge in [-0.3, -0.25) is 10.1 Å². The molecule has 1 aromatic rings. The number of nitrogens with two attached hydrogens (primary N) is 1. The number of nitro benzene ring substituents is 1. The summed E-state index contributed by atoms with van der Waals surface area (Å²) in [5, 5.41) is 10.2. The zero-order valence-electron chi connectivity index (χ0n) is 6.37. The summed E-state index contributed by atoms with van der Waals surface area (Å²) in [6.45, 7) is 1.59. The summed E-state index contributed by atoms with van der Waals surface area (Å²) >= 11 is 0. The maximum absolute atomic E-state index is 12.8. The van der Waals surface area contributed by atoms with Gasteiger partial charge in [0, 0.05) is 11.8 Å². The van der Waals surface area contributed by atoms with Gasteiger partial charge in [-0.1, -0.05) is 7.43 Å². The van der Waals surface area contributed by atoms with Crippen LogP contribution in [0.25, 0.3) is 0 Å². The first-order valence-electron chi connectivity index (χ1n) is 3.22. The minimum Gasteiger partial charge on any atom is -0.398 e. The number of hydrogen-bond acceptors (Lipinski definition) is 3. The van der Waals surface area contributed by atoms with E-state index in [1.54, 1.807) is 6.92 Å². The first-order valence-corrected chi connectivity index (χ1v) is 3.22. The van der Waals surface area contributed by atoms with Crippen LogP contribution in [0.4, 0.5) is 15.8 Å². The lowest BCUT2D eigenvalue weighted by Crippen LogP contribution is -1.97. The van der Waals surface area contributed by atoms with Gasteiger partial charge in [0.2, 0.25) is 5.82 Å². The van der Waals surface area contributed by atoms with Gasteiger partial charge in [0.25, 0.3) is 0 Å². The molecule has 0 aliphatic rings. The second-order valence-corrected chi connectivity index (χ2v) is 2.42. The number of rotatable bonds is 1. The lowest BCUT2D eigenvalue weighted by molar-refractivity contribution is -0.387. The number of benzene rings is 1. The highest BCUT2D eigenvalue weighted by Gasteiger charge is 2.14.